The molecule has 2 aliphatic rings. The van der Waals surface area contributed by atoms with E-state index in [0.717, 1.165) is 19.6 Å². The Morgan fingerprint density at radius 1 is 1.29 bits per heavy atom. The zero-order valence-corrected chi connectivity index (χ0v) is 9.43. The van der Waals surface area contributed by atoms with Crippen LogP contribution in [0.2, 0.25) is 0 Å². The Labute approximate surface area is 86.3 Å². The van der Waals surface area contributed by atoms with Crippen molar-refractivity contribution in [3.8, 4) is 0 Å². The largest absolute Gasteiger partial charge is 0.350 e. The molecule has 0 aromatic heterocycles. The van der Waals surface area contributed by atoms with Gasteiger partial charge in [-0.3, -0.25) is 0 Å². The van der Waals surface area contributed by atoms with Crippen LogP contribution in [0.15, 0.2) is 12.2 Å². The molecule has 2 nitrogen and oxygen atoms in total. The molecule has 0 N–H and O–H groups in total. The van der Waals surface area contributed by atoms with Crippen LogP contribution in [-0.4, -0.2) is 19.0 Å². The van der Waals surface area contributed by atoms with Gasteiger partial charge in [-0.15, -0.1) is 0 Å². The zero-order valence-electron chi connectivity index (χ0n) is 9.43. The van der Waals surface area contributed by atoms with Crippen LogP contribution in [0, 0.1) is 11.3 Å². The predicted molar refractivity (Wildman–Crippen MR) is 56.0 cm³/mol. The zero-order chi connectivity index (χ0) is 10.4. The van der Waals surface area contributed by atoms with Crippen molar-refractivity contribution in [2.75, 3.05) is 13.2 Å². The van der Waals surface area contributed by atoms with Gasteiger partial charge >= 0.3 is 0 Å². The van der Waals surface area contributed by atoms with Crippen LogP contribution >= 0.6 is 0 Å². The van der Waals surface area contributed by atoms with Crippen molar-refractivity contribution < 1.29 is 9.47 Å². The molecule has 80 valence electrons. The molecule has 0 bridgehead atoms. The van der Waals surface area contributed by atoms with E-state index in [1.54, 1.807) is 0 Å². The molecular weight excluding hydrogens is 176 g/mol. The van der Waals surface area contributed by atoms with Gasteiger partial charge in [-0.2, -0.15) is 0 Å². The average Bonchev–Trinajstić information content (AvgIpc) is 2.36. The molecule has 2 heteroatoms. The lowest BCUT2D eigenvalue weighted by molar-refractivity contribution is -0.284. The van der Waals surface area contributed by atoms with E-state index in [1.165, 1.54) is 12.0 Å². The molecule has 0 aromatic rings. The highest BCUT2D eigenvalue weighted by Crippen LogP contribution is 2.47. The summed E-state index contributed by atoms with van der Waals surface area (Å²) in [4.78, 5) is 0. The molecule has 1 saturated heterocycles. The molecule has 0 aromatic carbocycles. The fraction of sp³-hybridized carbons (Fsp3) is 0.833. The van der Waals surface area contributed by atoms with Crippen molar-refractivity contribution in [2.24, 2.45) is 11.3 Å². The SMILES string of the molecule is C=C1CC2(COC(C)(C)OC2)CC1C. The summed E-state index contributed by atoms with van der Waals surface area (Å²) in [6, 6.07) is 0. The van der Waals surface area contributed by atoms with Crippen molar-refractivity contribution in [2.45, 2.75) is 39.4 Å². The van der Waals surface area contributed by atoms with Gasteiger partial charge in [-0.25, -0.2) is 0 Å². The van der Waals surface area contributed by atoms with Gasteiger partial charge < -0.3 is 9.47 Å². The van der Waals surface area contributed by atoms with Crippen molar-refractivity contribution in [1.82, 2.24) is 0 Å². The lowest BCUT2D eigenvalue weighted by atomic mass is 9.86. The highest BCUT2D eigenvalue weighted by Gasteiger charge is 2.45. The Bertz CT molecular complexity index is 245. The van der Waals surface area contributed by atoms with E-state index in [0.29, 0.717) is 5.92 Å². The fourth-order valence-corrected chi connectivity index (χ4v) is 2.48. The van der Waals surface area contributed by atoms with E-state index >= 15 is 0 Å². The molecule has 0 amide bonds. The highest BCUT2D eigenvalue weighted by molar-refractivity contribution is 5.13. The van der Waals surface area contributed by atoms with Gasteiger partial charge in [0.1, 0.15) is 0 Å². The first kappa shape index (κ1) is 10.2. The minimum absolute atomic E-state index is 0.228. The molecule has 1 unspecified atom stereocenters. The number of hydrogen-bond donors (Lipinski definition) is 0. The smallest absolute Gasteiger partial charge is 0.162 e. The third kappa shape index (κ3) is 1.73. The van der Waals surface area contributed by atoms with Crippen LogP contribution in [0.1, 0.15) is 33.6 Å². The summed E-state index contributed by atoms with van der Waals surface area (Å²) in [6.45, 7) is 12.0. The van der Waals surface area contributed by atoms with E-state index in [1.807, 2.05) is 13.8 Å². The first-order chi connectivity index (χ1) is 6.43. The molecule has 2 fully saturated rings. The molecule has 2 rings (SSSR count). The van der Waals surface area contributed by atoms with Crippen LogP contribution in [0.25, 0.3) is 0 Å². The molecule has 1 spiro atoms. The second-order valence-corrected chi connectivity index (χ2v) is 5.42. The maximum Gasteiger partial charge on any atom is 0.162 e. The Hall–Kier alpha value is -0.340. The molecule has 1 aliphatic heterocycles. The van der Waals surface area contributed by atoms with Crippen LogP contribution in [0.5, 0.6) is 0 Å². The Balaban J connectivity index is 2.04. The topological polar surface area (TPSA) is 18.5 Å². The molecule has 1 atom stereocenters. The summed E-state index contributed by atoms with van der Waals surface area (Å²) >= 11 is 0. The van der Waals surface area contributed by atoms with Gasteiger partial charge in [-0.05, 0) is 32.6 Å². The second kappa shape index (κ2) is 3.07. The lowest BCUT2D eigenvalue weighted by Crippen LogP contribution is -2.45. The van der Waals surface area contributed by atoms with Gasteiger partial charge in [0.05, 0.1) is 13.2 Å². The lowest BCUT2D eigenvalue weighted by Gasteiger charge is -2.41. The monoisotopic (exact) mass is 196 g/mol. The van der Waals surface area contributed by atoms with Crippen molar-refractivity contribution >= 4 is 0 Å². The van der Waals surface area contributed by atoms with Crippen LogP contribution < -0.4 is 0 Å². The standard InChI is InChI=1S/C12H20O2/c1-9-5-12(6-10(9)2)7-13-11(3,4)14-8-12/h10H,1,5-8H2,2-4H3. The number of allylic oxidation sites excluding steroid dienone is 1. The molecule has 14 heavy (non-hydrogen) atoms. The predicted octanol–water partition coefficient (Wildman–Crippen LogP) is 2.74. The summed E-state index contributed by atoms with van der Waals surface area (Å²) in [5, 5.41) is 0. The van der Waals surface area contributed by atoms with Gasteiger partial charge in [-0.1, -0.05) is 19.1 Å². The summed E-state index contributed by atoms with van der Waals surface area (Å²) in [5.41, 5.74) is 1.59. The van der Waals surface area contributed by atoms with Crippen LogP contribution in [-0.2, 0) is 9.47 Å². The van der Waals surface area contributed by atoms with Crippen LogP contribution in [0.3, 0.4) is 0 Å². The van der Waals surface area contributed by atoms with E-state index in [4.69, 9.17) is 9.47 Å². The van der Waals surface area contributed by atoms with Gasteiger partial charge in [0.25, 0.3) is 0 Å². The van der Waals surface area contributed by atoms with Crippen molar-refractivity contribution in [3.05, 3.63) is 12.2 Å². The third-order valence-corrected chi connectivity index (χ3v) is 3.49. The summed E-state index contributed by atoms with van der Waals surface area (Å²) in [5.74, 6) is 0.238. The third-order valence-electron chi connectivity index (χ3n) is 3.49. The van der Waals surface area contributed by atoms with Crippen molar-refractivity contribution in [1.29, 1.82) is 0 Å². The minimum Gasteiger partial charge on any atom is -0.350 e. The van der Waals surface area contributed by atoms with Crippen LogP contribution in [0.4, 0.5) is 0 Å². The van der Waals surface area contributed by atoms with Crippen molar-refractivity contribution in [3.63, 3.8) is 0 Å². The molecular formula is C12H20O2. The average molecular weight is 196 g/mol. The first-order valence-electron chi connectivity index (χ1n) is 5.38. The van der Waals surface area contributed by atoms with E-state index in [-0.39, 0.29) is 5.41 Å². The van der Waals surface area contributed by atoms with Gasteiger partial charge in [0, 0.05) is 5.41 Å². The fourth-order valence-electron chi connectivity index (χ4n) is 2.48. The molecule has 1 aliphatic carbocycles. The van der Waals surface area contributed by atoms with E-state index in [9.17, 15) is 0 Å². The highest BCUT2D eigenvalue weighted by atomic mass is 16.7. The molecule has 1 heterocycles. The summed E-state index contributed by atoms with van der Waals surface area (Å²) in [6.07, 6.45) is 2.24. The summed E-state index contributed by atoms with van der Waals surface area (Å²) < 4.78 is 11.5. The number of rotatable bonds is 0. The number of ether oxygens (including phenoxy) is 2. The Kier molecular flexibility index (Phi) is 2.24. The van der Waals surface area contributed by atoms with Gasteiger partial charge in [0.15, 0.2) is 5.79 Å². The molecule has 0 radical (unpaired) electrons. The molecule has 1 saturated carbocycles. The second-order valence-electron chi connectivity index (χ2n) is 5.42. The quantitative estimate of drug-likeness (QED) is 0.555. The summed E-state index contributed by atoms with van der Waals surface area (Å²) in [7, 11) is 0. The Morgan fingerprint density at radius 2 is 1.86 bits per heavy atom. The van der Waals surface area contributed by atoms with Gasteiger partial charge in [0.2, 0.25) is 0 Å². The normalized spacial score (nSPS) is 35.1. The Morgan fingerprint density at radius 3 is 2.29 bits per heavy atom. The number of hydrogen-bond acceptors (Lipinski definition) is 2. The first-order valence-corrected chi connectivity index (χ1v) is 5.38. The van der Waals surface area contributed by atoms with E-state index < -0.39 is 5.79 Å². The maximum atomic E-state index is 5.74. The maximum absolute atomic E-state index is 5.74. The minimum atomic E-state index is -0.390. The van der Waals surface area contributed by atoms with E-state index in [2.05, 4.69) is 13.5 Å².